The lowest BCUT2D eigenvalue weighted by Crippen LogP contribution is -2.33. The summed E-state index contributed by atoms with van der Waals surface area (Å²) < 4.78 is 6.53. The van der Waals surface area contributed by atoms with Crippen molar-refractivity contribution >= 4 is 65.9 Å². The van der Waals surface area contributed by atoms with Gasteiger partial charge >= 0.3 is 0 Å². The molecular weight excluding hydrogens is 613 g/mol. The third-order valence-electron chi connectivity index (χ3n) is 9.84. The molecule has 1 aliphatic rings. The van der Waals surface area contributed by atoms with Crippen molar-refractivity contribution in [2.24, 2.45) is 9.98 Å². The van der Waals surface area contributed by atoms with Crippen LogP contribution in [-0.4, -0.2) is 16.7 Å². The normalized spacial score (nSPS) is 14.7. The first-order valence-electron chi connectivity index (χ1n) is 16.9. The van der Waals surface area contributed by atoms with E-state index in [1.165, 1.54) is 37.9 Å². The summed E-state index contributed by atoms with van der Waals surface area (Å²) in [6.45, 7) is 2.14. The number of benzene rings is 7. The fourth-order valence-electron chi connectivity index (χ4n) is 7.39. The Hall–Kier alpha value is -6.59. The summed E-state index contributed by atoms with van der Waals surface area (Å²) in [5.74, 6) is 1.41. The zero-order valence-corrected chi connectivity index (χ0v) is 27.3. The molecule has 0 aliphatic carbocycles. The minimum absolute atomic E-state index is 0.320. The van der Waals surface area contributed by atoms with Crippen molar-refractivity contribution < 1.29 is 4.42 Å². The molecule has 1 atom stereocenters. The van der Waals surface area contributed by atoms with Crippen LogP contribution in [0.2, 0.25) is 0 Å². The Morgan fingerprint density at radius 3 is 2.20 bits per heavy atom. The highest BCUT2D eigenvalue weighted by Gasteiger charge is 2.25. The van der Waals surface area contributed by atoms with Crippen LogP contribution in [0.4, 0.5) is 0 Å². The van der Waals surface area contributed by atoms with E-state index in [0.29, 0.717) is 5.84 Å². The van der Waals surface area contributed by atoms with Crippen LogP contribution in [0, 0.1) is 6.92 Å². The summed E-state index contributed by atoms with van der Waals surface area (Å²) in [5, 5.41) is 13.0. The zero-order chi connectivity index (χ0) is 33.2. The molecule has 1 unspecified atom stereocenters. The molecule has 3 heterocycles. The lowest BCUT2D eigenvalue weighted by molar-refractivity contribution is 0.667. The van der Waals surface area contributed by atoms with E-state index in [9.17, 15) is 0 Å². The second-order valence-electron chi connectivity index (χ2n) is 13.0. The van der Waals surface area contributed by atoms with Gasteiger partial charge in [0.2, 0.25) is 0 Å². The quantitative estimate of drug-likeness (QED) is 0.194. The van der Waals surface area contributed by atoms with E-state index in [0.717, 1.165) is 55.6 Å². The predicted molar refractivity (Wildman–Crippen MR) is 206 cm³/mol. The van der Waals surface area contributed by atoms with Gasteiger partial charge in [-0.1, -0.05) is 121 Å². The monoisotopic (exact) mass is 642 g/mol. The van der Waals surface area contributed by atoms with Crippen LogP contribution >= 0.6 is 0 Å². The molecule has 10 rings (SSSR count). The summed E-state index contributed by atoms with van der Waals surface area (Å²) in [7, 11) is 0. The third kappa shape index (κ3) is 4.66. The van der Waals surface area contributed by atoms with Gasteiger partial charge in [-0.3, -0.25) is 4.98 Å². The molecule has 0 fully saturated rings. The van der Waals surface area contributed by atoms with Crippen molar-refractivity contribution in [1.29, 1.82) is 0 Å². The highest BCUT2D eigenvalue weighted by atomic mass is 16.3. The van der Waals surface area contributed by atoms with Gasteiger partial charge in [-0.25, -0.2) is 9.98 Å². The van der Waals surface area contributed by atoms with E-state index in [1.54, 1.807) is 6.20 Å². The van der Waals surface area contributed by atoms with Gasteiger partial charge in [0.05, 0.1) is 0 Å². The molecule has 5 heteroatoms. The van der Waals surface area contributed by atoms with Gasteiger partial charge < -0.3 is 9.73 Å². The number of aromatic nitrogens is 1. The number of nitrogens with one attached hydrogen (secondary N) is 1. The first kappa shape index (κ1) is 28.4. The van der Waals surface area contributed by atoms with E-state index in [2.05, 4.69) is 114 Å². The molecule has 5 nitrogen and oxygen atoms in total. The molecule has 7 aromatic carbocycles. The average Bonchev–Trinajstić information content (AvgIpc) is 3.56. The van der Waals surface area contributed by atoms with E-state index in [1.807, 2.05) is 48.7 Å². The van der Waals surface area contributed by atoms with Crippen LogP contribution in [0.5, 0.6) is 0 Å². The minimum atomic E-state index is -0.320. The summed E-state index contributed by atoms with van der Waals surface area (Å²) in [6, 6.07) is 49.2. The first-order valence-corrected chi connectivity index (χ1v) is 16.9. The highest BCUT2D eigenvalue weighted by Crippen LogP contribution is 2.38. The Labute approximate surface area is 288 Å². The maximum absolute atomic E-state index is 6.53. The van der Waals surface area contributed by atoms with Gasteiger partial charge in [0, 0.05) is 34.3 Å². The maximum atomic E-state index is 6.53. The number of furan rings is 1. The molecule has 9 aromatic rings. The molecule has 236 valence electrons. The minimum Gasteiger partial charge on any atom is -0.456 e. The standard InChI is InChI=1S/C45H30N4O/c1-27-12-17-34-32(22-27)16-19-36-35(34)18-15-28-13-14-31(23-37(28)36)33-24-38(42-39-26-46-21-20-40(39)50-41(42)25-33)45-48-43(29-8-4-2-5-9-29)47-44(49-45)30-10-6-3-7-11-30/h2-26,43H,1H3,(H,47,48,49). The summed E-state index contributed by atoms with van der Waals surface area (Å²) in [6.07, 6.45) is 3.33. The van der Waals surface area contributed by atoms with Crippen LogP contribution in [0.3, 0.4) is 0 Å². The fraction of sp³-hybridized carbons (Fsp3) is 0.0444. The van der Waals surface area contributed by atoms with Crippen LogP contribution in [-0.2, 0) is 0 Å². The molecule has 0 radical (unpaired) electrons. The van der Waals surface area contributed by atoms with E-state index < -0.39 is 0 Å². The number of pyridine rings is 1. The molecule has 1 aliphatic heterocycles. The summed E-state index contributed by atoms with van der Waals surface area (Å²) in [5.41, 5.74) is 7.93. The number of fused-ring (bicyclic) bond motifs is 8. The number of amidine groups is 2. The second kappa shape index (κ2) is 11.2. The van der Waals surface area contributed by atoms with Crippen molar-refractivity contribution in [2.75, 3.05) is 0 Å². The number of hydrogen-bond acceptors (Lipinski definition) is 5. The van der Waals surface area contributed by atoms with Gasteiger partial charge in [0.15, 0.2) is 5.84 Å². The number of aryl methyl sites for hydroxylation is 1. The Morgan fingerprint density at radius 1 is 0.580 bits per heavy atom. The van der Waals surface area contributed by atoms with Crippen LogP contribution in [0.15, 0.2) is 166 Å². The van der Waals surface area contributed by atoms with E-state index in [-0.39, 0.29) is 6.17 Å². The number of aliphatic imine (C=N–C) groups is 2. The molecule has 0 saturated heterocycles. The SMILES string of the molecule is Cc1ccc2c(ccc3c4cc(-c5cc(C6=NC(c7ccccc7)=NC(c7ccccc7)N6)c6c(c5)oc5ccncc56)ccc4ccc23)c1. The van der Waals surface area contributed by atoms with Crippen LogP contribution < -0.4 is 5.32 Å². The van der Waals surface area contributed by atoms with Crippen molar-refractivity contribution in [3.8, 4) is 11.1 Å². The lowest BCUT2D eigenvalue weighted by Gasteiger charge is -2.24. The average molecular weight is 643 g/mol. The zero-order valence-electron chi connectivity index (χ0n) is 27.3. The predicted octanol–water partition coefficient (Wildman–Crippen LogP) is 10.9. The summed E-state index contributed by atoms with van der Waals surface area (Å²) >= 11 is 0. The van der Waals surface area contributed by atoms with Crippen molar-refractivity contribution in [1.82, 2.24) is 10.3 Å². The highest BCUT2D eigenvalue weighted by molar-refractivity contribution is 6.23. The van der Waals surface area contributed by atoms with Crippen LogP contribution in [0.25, 0.3) is 65.4 Å². The largest absolute Gasteiger partial charge is 0.456 e. The lowest BCUT2D eigenvalue weighted by atomic mass is 9.93. The van der Waals surface area contributed by atoms with Gasteiger partial charge in [0.1, 0.15) is 23.2 Å². The summed E-state index contributed by atoms with van der Waals surface area (Å²) in [4.78, 5) is 14.7. The number of hydrogen-bond donors (Lipinski definition) is 1. The van der Waals surface area contributed by atoms with Crippen molar-refractivity contribution in [3.63, 3.8) is 0 Å². The molecule has 0 amide bonds. The van der Waals surface area contributed by atoms with Gasteiger partial charge in [-0.05, 0) is 80.2 Å². The first-order chi connectivity index (χ1) is 24.7. The third-order valence-corrected chi connectivity index (χ3v) is 9.84. The Bertz CT molecular complexity index is 2850. The maximum Gasteiger partial charge on any atom is 0.159 e. The Morgan fingerprint density at radius 2 is 1.34 bits per heavy atom. The molecule has 2 aromatic heterocycles. The Kier molecular flexibility index (Phi) is 6.39. The van der Waals surface area contributed by atoms with Gasteiger partial charge in [-0.15, -0.1) is 0 Å². The molecule has 0 spiro atoms. The molecule has 0 bridgehead atoms. The van der Waals surface area contributed by atoms with Crippen LogP contribution in [0.1, 0.15) is 28.4 Å². The fourth-order valence-corrected chi connectivity index (χ4v) is 7.39. The van der Waals surface area contributed by atoms with Gasteiger partial charge in [0.25, 0.3) is 0 Å². The molecule has 50 heavy (non-hydrogen) atoms. The second-order valence-corrected chi connectivity index (χ2v) is 13.0. The molecule has 0 saturated carbocycles. The van der Waals surface area contributed by atoms with E-state index >= 15 is 0 Å². The van der Waals surface area contributed by atoms with E-state index in [4.69, 9.17) is 14.4 Å². The smallest absolute Gasteiger partial charge is 0.159 e. The Balaban J connectivity index is 1.20. The van der Waals surface area contributed by atoms with Gasteiger partial charge in [-0.2, -0.15) is 0 Å². The number of nitrogens with zero attached hydrogens (tertiary/aromatic N) is 3. The molecule has 1 N–H and O–H groups in total. The number of rotatable bonds is 4. The van der Waals surface area contributed by atoms with Crippen molar-refractivity contribution in [2.45, 2.75) is 13.1 Å². The van der Waals surface area contributed by atoms with Crippen molar-refractivity contribution in [3.05, 3.63) is 174 Å². The topological polar surface area (TPSA) is 62.8 Å². The molecular formula is C45H30N4O.